The van der Waals surface area contributed by atoms with E-state index in [2.05, 4.69) is 4.98 Å². The Morgan fingerprint density at radius 1 is 1.56 bits per heavy atom. The maximum atomic E-state index is 5.58. The molecule has 0 aliphatic rings. The van der Waals surface area contributed by atoms with E-state index in [4.69, 9.17) is 23.2 Å². The van der Waals surface area contributed by atoms with Crippen LogP contribution in [0.1, 0.15) is 0 Å². The topological polar surface area (TPSA) is 15.8 Å². The number of nitrogens with one attached hydrogen (secondary N) is 1. The fourth-order valence-corrected chi connectivity index (χ4v) is 1.53. The molecule has 1 N–H and O–H groups in total. The molecule has 0 bridgehead atoms. The summed E-state index contributed by atoms with van der Waals surface area (Å²) in [5, 5.41) is 2.22. The summed E-state index contributed by atoms with van der Waals surface area (Å²) in [6, 6.07) is 3.70. The molecule has 1 aromatic rings. The third kappa shape index (κ3) is 2.12. The van der Waals surface area contributed by atoms with Gasteiger partial charge in [-0.1, -0.05) is 23.4 Å². The first-order valence-corrected chi connectivity index (χ1v) is 4.26. The minimum atomic E-state index is 0.552. The van der Waals surface area contributed by atoms with Gasteiger partial charge in [-0.2, -0.15) is 0 Å². The van der Waals surface area contributed by atoms with Crippen LogP contribution in [0.5, 0.6) is 0 Å². The molecule has 9 heavy (non-hydrogen) atoms. The fraction of sp³-hybridized carbons (Fsp3) is 0.200. The standard InChI is InChI=1S/C5H5Cl2NS/c6-3-9-5-2-1-4(7)8-5/h1-2,8H,3H2. The van der Waals surface area contributed by atoms with E-state index in [0.717, 1.165) is 5.03 Å². The molecule has 0 fully saturated rings. The van der Waals surface area contributed by atoms with Gasteiger partial charge in [-0.3, -0.25) is 0 Å². The quantitative estimate of drug-likeness (QED) is 0.549. The molecule has 0 aromatic carbocycles. The van der Waals surface area contributed by atoms with Crippen LogP contribution < -0.4 is 0 Å². The maximum absolute atomic E-state index is 5.58. The number of hydrogen-bond acceptors (Lipinski definition) is 1. The lowest BCUT2D eigenvalue weighted by atomic mass is 10.7. The van der Waals surface area contributed by atoms with Crippen LogP contribution >= 0.6 is 35.0 Å². The van der Waals surface area contributed by atoms with E-state index in [0.29, 0.717) is 10.4 Å². The molecule has 0 amide bonds. The molecule has 0 saturated heterocycles. The number of hydrogen-bond donors (Lipinski definition) is 1. The van der Waals surface area contributed by atoms with Gasteiger partial charge in [0.1, 0.15) is 5.15 Å². The zero-order valence-corrected chi connectivity index (χ0v) is 6.85. The summed E-state index contributed by atoms with van der Waals surface area (Å²) in [4.78, 5) is 2.92. The number of halogens is 2. The molecule has 0 saturated carbocycles. The zero-order valence-electron chi connectivity index (χ0n) is 4.53. The molecule has 0 spiro atoms. The van der Waals surface area contributed by atoms with Gasteiger partial charge in [-0.05, 0) is 12.1 Å². The number of H-pyrrole nitrogens is 1. The Morgan fingerprint density at radius 3 is 2.78 bits per heavy atom. The second-order valence-electron chi connectivity index (χ2n) is 1.42. The SMILES string of the molecule is ClCSc1ccc(Cl)[nH]1. The lowest BCUT2D eigenvalue weighted by Crippen LogP contribution is -1.66. The van der Waals surface area contributed by atoms with Gasteiger partial charge >= 0.3 is 0 Å². The van der Waals surface area contributed by atoms with Gasteiger partial charge in [0.05, 0.1) is 10.2 Å². The van der Waals surface area contributed by atoms with Crippen molar-refractivity contribution in [2.75, 3.05) is 5.21 Å². The Hall–Kier alpha value is 0.210. The molecule has 1 rings (SSSR count). The van der Waals surface area contributed by atoms with E-state index in [1.165, 1.54) is 11.8 Å². The number of rotatable bonds is 2. The van der Waals surface area contributed by atoms with Crippen molar-refractivity contribution in [3.8, 4) is 0 Å². The van der Waals surface area contributed by atoms with Crippen molar-refractivity contribution in [1.29, 1.82) is 0 Å². The van der Waals surface area contributed by atoms with Crippen molar-refractivity contribution >= 4 is 35.0 Å². The molecule has 0 radical (unpaired) electrons. The number of alkyl halides is 1. The van der Waals surface area contributed by atoms with Crippen molar-refractivity contribution in [3.63, 3.8) is 0 Å². The van der Waals surface area contributed by atoms with Gasteiger partial charge in [0.25, 0.3) is 0 Å². The Balaban J connectivity index is 2.61. The van der Waals surface area contributed by atoms with Gasteiger partial charge in [0.2, 0.25) is 0 Å². The molecule has 0 aliphatic carbocycles. The monoisotopic (exact) mass is 181 g/mol. The summed E-state index contributed by atoms with van der Waals surface area (Å²) < 4.78 is 0. The third-order valence-corrected chi connectivity index (χ3v) is 2.04. The van der Waals surface area contributed by atoms with Gasteiger partial charge in [-0.15, -0.1) is 11.6 Å². The first kappa shape index (κ1) is 7.32. The maximum Gasteiger partial charge on any atom is 0.107 e. The second kappa shape index (κ2) is 3.40. The van der Waals surface area contributed by atoms with Gasteiger partial charge in [-0.25, -0.2) is 0 Å². The first-order valence-electron chi connectivity index (χ1n) is 2.36. The average molecular weight is 182 g/mol. The lowest BCUT2D eigenvalue weighted by molar-refractivity contribution is 1.21. The number of thioether (sulfide) groups is 1. The molecule has 50 valence electrons. The zero-order chi connectivity index (χ0) is 6.69. The molecular formula is C5H5Cl2NS. The predicted molar refractivity (Wildman–Crippen MR) is 42.4 cm³/mol. The average Bonchev–Trinajstić information content (AvgIpc) is 2.17. The summed E-state index contributed by atoms with van der Waals surface area (Å²) >= 11 is 12.6. The van der Waals surface area contributed by atoms with E-state index < -0.39 is 0 Å². The summed E-state index contributed by atoms with van der Waals surface area (Å²) in [6.45, 7) is 0. The molecular weight excluding hydrogens is 177 g/mol. The summed E-state index contributed by atoms with van der Waals surface area (Å²) in [5.74, 6) is 0. The van der Waals surface area contributed by atoms with Crippen LogP contribution in [0.25, 0.3) is 0 Å². The summed E-state index contributed by atoms with van der Waals surface area (Å²) in [6.07, 6.45) is 0. The van der Waals surface area contributed by atoms with Crippen LogP contribution in [0, 0.1) is 0 Å². The summed E-state index contributed by atoms with van der Waals surface area (Å²) in [7, 11) is 0. The highest BCUT2D eigenvalue weighted by molar-refractivity contribution is 8.00. The highest BCUT2D eigenvalue weighted by atomic mass is 35.5. The molecule has 0 aliphatic heterocycles. The number of aromatic amines is 1. The molecule has 0 unspecified atom stereocenters. The van der Waals surface area contributed by atoms with Crippen LogP contribution in [-0.2, 0) is 0 Å². The van der Waals surface area contributed by atoms with E-state index in [1.54, 1.807) is 6.07 Å². The van der Waals surface area contributed by atoms with E-state index in [-0.39, 0.29) is 0 Å². The van der Waals surface area contributed by atoms with Crippen LogP contribution in [-0.4, -0.2) is 10.2 Å². The van der Waals surface area contributed by atoms with Crippen LogP contribution in [0.4, 0.5) is 0 Å². The fourth-order valence-electron chi connectivity index (χ4n) is 0.493. The second-order valence-corrected chi connectivity index (χ2v) is 3.43. The minimum Gasteiger partial charge on any atom is -0.341 e. The van der Waals surface area contributed by atoms with E-state index >= 15 is 0 Å². The lowest BCUT2D eigenvalue weighted by Gasteiger charge is -1.87. The Morgan fingerprint density at radius 2 is 2.33 bits per heavy atom. The Kier molecular flexibility index (Phi) is 2.76. The molecule has 0 atom stereocenters. The van der Waals surface area contributed by atoms with Gasteiger partial charge in [0, 0.05) is 0 Å². The van der Waals surface area contributed by atoms with Crippen LogP contribution in [0.3, 0.4) is 0 Å². The molecule has 1 nitrogen and oxygen atoms in total. The van der Waals surface area contributed by atoms with Crippen molar-refractivity contribution in [2.45, 2.75) is 5.03 Å². The van der Waals surface area contributed by atoms with Crippen molar-refractivity contribution in [2.24, 2.45) is 0 Å². The smallest absolute Gasteiger partial charge is 0.107 e. The predicted octanol–water partition coefficient (Wildman–Crippen LogP) is 2.96. The van der Waals surface area contributed by atoms with Gasteiger partial charge in [0.15, 0.2) is 0 Å². The number of aromatic nitrogens is 1. The largest absolute Gasteiger partial charge is 0.341 e. The highest BCUT2D eigenvalue weighted by Gasteiger charge is 1.93. The Bertz CT molecular complexity index is 187. The molecule has 4 heteroatoms. The van der Waals surface area contributed by atoms with Crippen molar-refractivity contribution in [1.82, 2.24) is 4.98 Å². The third-order valence-electron chi connectivity index (χ3n) is 0.834. The minimum absolute atomic E-state index is 0.552. The highest BCUT2D eigenvalue weighted by Crippen LogP contribution is 2.19. The van der Waals surface area contributed by atoms with E-state index in [1.807, 2.05) is 6.07 Å². The Labute approximate surface area is 67.7 Å². The van der Waals surface area contributed by atoms with Crippen LogP contribution in [0.2, 0.25) is 5.15 Å². The van der Waals surface area contributed by atoms with Gasteiger partial charge < -0.3 is 4.98 Å². The van der Waals surface area contributed by atoms with E-state index in [9.17, 15) is 0 Å². The molecule has 1 aromatic heterocycles. The first-order chi connectivity index (χ1) is 4.33. The summed E-state index contributed by atoms with van der Waals surface area (Å²) in [5.41, 5.74) is 0. The molecule has 1 heterocycles. The van der Waals surface area contributed by atoms with Crippen molar-refractivity contribution < 1.29 is 0 Å². The van der Waals surface area contributed by atoms with Crippen LogP contribution in [0.15, 0.2) is 17.2 Å². The van der Waals surface area contributed by atoms with Crippen molar-refractivity contribution in [3.05, 3.63) is 17.3 Å². The normalized spacial score (nSPS) is 10.0.